The fourth-order valence-electron chi connectivity index (χ4n) is 1.98. The van der Waals surface area contributed by atoms with Crippen molar-refractivity contribution in [3.8, 4) is 11.8 Å². The van der Waals surface area contributed by atoms with Gasteiger partial charge < -0.3 is 9.47 Å². The van der Waals surface area contributed by atoms with Gasteiger partial charge in [-0.2, -0.15) is 5.26 Å². The predicted octanol–water partition coefficient (Wildman–Crippen LogP) is 4.10. The Kier molecular flexibility index (Phi) is 5.81. The standard InChI is InChI=1S/C18H19NO2/c1-15(17-8-3-2-4-9-17)20-11-6-12-21-18-10-5-7-16(13-18)14-19/h2-5,7-10,13,15H,6,11-12H2,1H3. The van der Waals surface area contributed by atoms with Gasteiger partial charge in [-0.3, -0.25) is 0 Å². The molecule has 21 heavy (non-hydrogen) atoms. The van der Waals surface area contributed by atoms with Crippen molar-refractivity contribution in [2.45, 2.75) is 19.4 Å². The zero-order valence-electron chi connectivity index (χ0n) is 12.2. The largest absolute Gasteiger partial charge is 0.493 e. The van der Waals surface area contributed by atoms with E-state index in [0.29, 0.717) is 18.8 Å². The first-order valence-corrected chi connectivity index (χ1v) is 7.09. The highest BCUT2D eigenvalue weighted by molar-refractivity contribution is 5.36. The molecule has 0 saturated carbocycles. The summed E-state index contributed by atoms with van der Waals surface area (Å²) in [6.07, 6.45) is 0.904. The van der Waals surface area contributed by atoms with Gasteiger partial charge in [-0.15, -0.1) is 0 Å². The zero-order chi connectivity index (χ0) is 14.9. The molecule has 3 heteroatoms. The van der Waals surface area contributed by atoms with Crippen LogP contribution in [0.1, 0.15) is 30.6 Å². The van der Waals surface area contributed by atoms with Gasteiger partial charge in [0.25, 0.3) is 0 Å². The summed E-state index contributed by atoms with van der Waals surface area (Å²) in [6.45, 7) is 3.27. The highest BCUT2D eigenvalue weighted by atomic mass is 16.5. The van der Waals surface area contributed by atoms with Crippen LogP contribution in [0.2, 0.25) is 0 Å². The molecule has 0 fully saturated rings. The number of nitrogens with zero attached hydrogens (tertiary/aromatic N) is 1. The van der Waals surface area contributed by atoms with Gasteiger partial charge in [-0.1, -0.05) is 36.4 Å². The van der Waals surface area contributed by atoms with E-state index < -0.39 is 0 Å². The fourth-order valence-corrected chi connectivity index (χ4v) is 1.98. The Morgan fingerprint density at radius 1 is 1.05 bits per heavy atom. The molecule has 0 heterocycles. The maximum Gasteiger partial charge on any atom is 0.120 e. The Morgan fingerprint density at radius 2 is 1.86 bits per heavy atom. The SMILES string of the molecule is CC(OCCCOc1cccc(C#N)c1)c1ccccc1. The van der Waals surface area contributed by atoms with E-state index in [0.717, 1.165) is 12.2 Å². The number of hydrogen-bond acceptors (Lipinski definition) is 3. The van der Waals surface area contributed by atoms with Crippen LogP contribution in [-0.4, -0.2) is 13.2 Å². The van der Waals surface area contributed by atoms with Crippen molar-refractivity contribution in [1.82, 2.24) is 0 Å². The van der Waals surface area contributed by atoms with Crippen LogP contribution in [0.3, 0.4) is 0 Å². The maximum atomic E-state index is 8.82. The molecule has 2 aromatic rings. The smallest absolute Gasteiger partial charge is 0.120 e. The van der Waals surface area contributed by atoms with Gasteiger partial charge in [-0.25, -0.2) is 0 Å². The van der Waals surface area contributed by atoms with Gasteiger partial charge in [0.05, 0.1) is 31.0 Å². The van der Waals surface area contributed by atoms with E-state index >= 15 is 0 Å². The molecule has 1 unspecified atom stereocenters. The van der Waals surface area contributed by atoms with Crippen molar-refractivity contribution in [2.24, 2.45) is 0 Å². The van der Waals surface area contributed by atoms with Crippen LogP contribution in [0.25, 0.3) is 0 Å². The van der Waals surface area contributed by atoms with Crippen molar-refractivity contribution in [3.05, 3.63) is 65.7 Å². The summed E-state index contributed by atoms with van der Waals surface area (Å²) in [6, 6.07) is 19.4. The summed E-state index contributed by atoms with van der Waals surface area (Å²) >= 11 is 0. The zero-order valence-corrected chi connectivity index (χ0v) is 12.2. The molecule has 1 atom stereocenters. The minimum absolute atomic E-state index is 0.0908. The second-order valence-corrected chi connectivity index (χ2v) is 4.77. The molecule has 0 aliphatic rings. The lowest BCUT2D eigenvalue weighted by atomic mass is 10.1. The van der Waals surface area contributed by atoms with E-state index in [2.05, 4.69) is 18.2 Å². The van der Waals surface area contributed by atoms with E-state index in [9.17, 15) is 0 Å². The van der Waals surface area contributed by atoms with Crippen LogP contribution in [0, 0.1) is 11.3 Å². The van der Waals surface area contributed by atoms with Crippen molar-refractivity contribution in [3.63, 3.8) is 0 Å². The summed E-state index contributed by atoms with van der Waals surface area (Å²) in [5.41, 5.74) is 1.79. The normalized spacial score (nSPS) is 11.6. The molecule has 0 amide bonds. The quantitative estimate of drug-likeness (QED) is 0.717. The summed E-state index contributed by atoms with van der Waals surface area (Å²) in [4.78, 5) is 0. The molecule has 0 aliphatic heterocycles. The van der Waals surface area contributed by atoms with Crippen LogP contribution >= 0.6 is 0 Å². The van der Waals surface area contributed by atoms with Crippen LogP contribution in [-0.2, 0) is 4.74 Å². The van der Waals surface area contributed by atoms with E-state index in [-0.39, 0.29) is 6.10 Å². The molecule has 108 valence electrons. The molecule has 0 aromatic heterocycles. The van der Waals surface area contributed by atoms with Gasteiger partial charge in [0.2, 0.25) is 0 Å². The van der Waals surface area contributed by atoms with Crippen LogP contribution in [0.15, 0.2) is 54.6 Å². The monoisotopic (exact) mass is 281 g/mol. The Morgan fingerprint density at radius 3 is 2.62 bits per heavy atom. The number of benzene rings is 2. The predicted molar refractivity (Wildman–Crippen MR) is 82.1 cm³/mol. The highest BCUT2D eigenvalue weighted by Gasteiger charge is 2.04. The lowest BCUT2D eigenvalue weighted by Crippen LogP contribution is -2.06. The summed E-state index contributed by atoms with van der Waals surface area (Å²) < 4.78 is 11.4. The first-order chi connectivity index (χ1) is 10.3. The Hall–Kier alpha value is -2.31. The number of rotatable bonds is 7. The average Bonchev–Trinajstić information content (AvgIpc) is 2.55. The van der Waals surface area contributed by atoms with E-state index in [1.807, 2.05) is 37.3 Å². The van der Waals surface area contributed by atoms with Gasteiger partial charge in [0.15, 0.2) is 0 Å². The Balaban J connectivity index is 1.67. The van der Waals surface area contributed by atoms with E-state index in [1.165, 1.54) is 5.56 Å². The molecule has 0 saturated heterocycles. The van der Waals surface area contributed by atoms with Crippen LogP contribution in [0.5, 0.6) is 5.75 Å². The number of hydrogen-bond donors (Lipinski definition) is 0. The van der Waals surface area contributed by atoms with Crippen molar-refractivity contribution >= 4 is 0 Å². The van der Waals surface area contributed by atoms with Crippen molar-refractivity contribution < 1.29 is 9.47 Å². The fraction of sp³-hybridized carbons (Fsp3) is 0.278. The second-order valence-electron chi connectivity index (χ2n) is 4.77. The van der Waals surface area contributed by atoms with Crippen molar-refractivity contribution in [2.75, 3.05) is 13.2 Å². The number of ether oxygens (including phenoxy) is 2. The third-order valence-electron chi connectivity index (χ3n) is 3.16. The molecule has 2 rings (SSSR count). The molecule has 0 bridgehead atoms. The number of nitriles is 1. The highest BCUT2D eigenvalue weighted by Crippen LogP contribution is 2.16. The lowest BCUT2D eigenvalue weighted by molar-refractivity contribution is 0.0571. The Labute approximate surface area is 125 Å². The minimum Gasteiger partial charge on any atom is -0.493 e. The lowest BCUT2D eigenvalue weighted by Gasteiger charge is -2.13. The molecular weight excluding hydrogens is 262 g/mol. The first-order valence-electron chi connectivity index (χ1n) is 7.09. The minimum atomic E-state index is 0.0908. The summed E-state index contributed by atoms with van der Waals surface area (Å²) in [5.74, 6) is 0.727. The maximum absolute atomic E-state index is 8.82. The first kappa shape index (κ1) is 15.1. The van der Waals surface area contributed by atoms with Crippen LogP contribution < -0.4 is 4.74 Å². The summed E-state index contributed by atoms with van der Waals surface area (Å²) in [5, 5.41) is 8.82. The second kappa shape index (κ2) is 8.08. The Bertz CT molecular complexity index is 590. The molecule has 2 aromatic carbocycles. The third kappa shape index (κ3) is 4.94. The molecule has 0 radical (unpaired) electrons. The molecule has 0 spiro atoms. The topological polar surface area (TPSA) is 42.2 Å². The van der Waals surface area contributed by atoms with Gasteiger partial charge in [0.1, 0.15) is 5.75 Å². The third-order valence-corrected chi connectivity index (χ3v) is 3.16. The van der Waals surface area contributed by atoms with Crippen molar-refractivity contribution in [1.29, 1.82) is 5.26 Å². The van der Waals surface area contributed by atoms with Gasteiger partial charge >= 0.3 is 0 Å². The van der Waals surface area contributed by atoms with Gasteiger partial charge in [0, 0.05) is 6.42 Å². The van der Waals surface area contributed by atoms with E-state index in [4.69, 9.17) is 14.7 Å². The molecular formula is C18H19NO2. The van der Waals surface area contributed by atoms with E-state index in [1.54, 1.807) is 12.1 Å². The molecule has 0 N–H and O–H groups in total. The average molecular weight is 281 g/mol. The van der Waals surface area contributed by atoms with Gasteiger partial charge in [-0.05, 0) is 30.7 Å². The summed E-state index contributed by atoms with van der Waals surface area (Å²) in [7, 11) is 0. The molecule has 0 aliphatic carbocycles. The van der Waals surface area contributed by atoms with Crippen LogP contribution in [0.4, 0.5) is 0 Å². The molecule has 3 nitrogen and oxygen atoms in total.